The first-order valence-corrected chi connectivity index (χ1v) is 6.33. The molecule has 1 aliphatic rings. The molecule has 0 saturated heterocycles. The number of rotatable bonds is 5. The van der Waals surface area contributed by atoms with E-state index in [-0.39, 0.29) is 12.3 Å². The number of nitrogens with zero attached hydrogens (tertiary/aromatic N) is 1. The van der Waals surface area contributed by atoms with Crippen LogP contribution in [0.4, 0.5) is 0 Å². The fraction of sp³-hybridized carbons (Fsp3) is 0.643. The Labute approximate surface area is 113 Å². The van der Waals surface area contributed by atoms with Gasteiger partial charge < -0.3 is 9.84 Å². The number of aliphatic carboxylic acids is 1. The predicted molar refractivity (Wildman–Crippen MR) is 72.2 cm³/mol. The van der Waals surface area contributed by atoms with Gasteiger partial charge in [-0.25, -0.2) is 4.79 Å². The number of ether oxygens (including phenoxy) is 1. The predicted octanol–water partition coefficient (Wildman–Crippen LogP) is 2.21. The molecule has 1 aliphatic heterocycles. The maximum atomic E-state index is 12.3. The van der Waals surface area contributed by atoms with Gasteiger partial charge in [0, 0.05) is 12.6 Å². The van der Waals surface area contributed by atoms with E-state index in [1.807, 2.05) is 0 Å². The number of allylic oxidation sites excluding steroid dienone is 1. The lowest BCUT2D eigenvalue weighted by molar-refractivity contribution is -0.160. The van der Waals surface area contributed by atoms with Gasteiger partial charge in [-0.05, 0) is 45.3 Å². The molecule has 1 N–H and O–H groups in total. The van der Waals surface area contributed by atoms with Gasteiger partial charge in [-0.1, -0.05) is 6.92 Å². The van der Waals surface area contributed by atoms with Crippen molar-refractivity contribution in [1.29, 1.82) is 0 Å². The van der Waals surface area contributed by atoms with Crippen LogP contribution in [0.15, 0.2) is 17.1 Å². The zero-order valence-corrected chi connectivity index (χ0v) is 11.8. The molecular weight excluding hydrogens is 246 g/mol. The second kappa shape index (κ2) is 5.55. The molecule has 5 nitrogen and oxygen atoms in total. The first-order chi connectivity index (χ1) is 8.65. The first-order valence-electron chi connectivity index (χ1n) is 6.33. The molecule has 0 fully saturated rings. The van der Waals surface area contributed by atoms with Crippen molar-refractivity contribution in [3.05, 3.63) is 12.2 Å². The number of aliphatic imine (C=N–C) groups is 1. The minimum Gasteiger partial charge on any atom is -0.481 e. The SMILES string of the molecule is CC(CC(=O)O)CC1(C(=O)OC(C)(C)C)C=CC=N1. The van der Waals surface area contributed by atoms with E-state index in [4.69, 9.17) is 9.84 Å². The van der Waals surface area contributed by atoms with E-state index >= 15 is 0 Å². The molecule has 0 aromatic heterocycles. The monoisotopic (exact) mass is 267 g/mol. The molecule has 1 rings (SSSR count). The van der Waals surface area contributed by atoms with Crippen LogP contribution in [-0.4, -0.2) is 34.4 Å². The topological polar surface area (TPSA) is 76.0 Å². The summed E-state index contributed by atoms with van der Waals surface area (Å²) in [5, 5.41) is 8.79. The van der Waals surface area contributed by atoms with Gasteiger partial charge in [-0.3, -0.25) is 9.79 Å². The van der Waals surface area contributed by atoms with E-state index in [1.54, 1.807) is 46.1 Å². The summed E-state index contributed by atoms with van der Waals surface area (Å²) in [6, 6.07) is 0. The number of carbonyl (C=O) groups excluding carboxylic acids is 1. The average Bonchev–Trinajstić information content (AvgIpc) is 2.63. The third-order valence-corrected chi connectivity index (χ3v) is 2.70. The van der Waals surface area contributed by atoms with E-state index in [9.17, 15) is 9.59 Å². The lowest BCUT2D eigenvalue weighted by Gasteiger charge is -2.29. The lowest BCUT2D eigenvalue weighted by Crippen LogP contribution is -2.41. The van der Waals surface area contributed by atoms with Gasteiger partial charge in [0.15, 0.2) is 5.54 Å². The number of carboxylic acids is 1. The van der Waals surface area contributed by atoms with Gasteiger partial charge in [-0.2, -0.15) is 0 Å². The van der Waals surface area contributed by atoms with Crippen molar-refractivity contribution in [3.63, 3.8) is 0 Å². The maximum absolute atomic E-state index is 12.3. The molecule has 0 saturated carbocycles. The average molecular weight is 267 g/mol. The third-order valence-electron chi connectivity index (χ3n) is 2.70. The van der Waals surface area contributed by atoms with Gasteiger partial charge in [0.05, 0.1) is 0 Å². The van der Waals surface area contributed by atoms with Gasteiger partial charge >= 0.3 is 11.9 Å². The normalized spacial score (nSPS) is 23.4. The number of hydrogen-bond donors (Lipinski definition) is 1. The van der Waals surface area contributed by atoms with Crippen LogP contribution in [0.1, 0.15) is 40.5 Å². The Balaban J connectivity index is 2.81. The fourth-order valence-corrected chi connectivity index (χ4v) is 2.01. The Kier molecular flexibility index (Phi) is 4.50. The quantitative estimate of drug-likeness (QED) is 0.775. The van der Waals surface area contributed by atoms with Crippen LogP contribution in [0.3, 0.4) is 0 Å². The maximum Gasteiger partial charge on any atom is 0.338 e. The van der Waals surface area contributed by atoms with Crippen LogP contribution in [0.5, 0.6) is 0 Å². The first kappa shape index (κ1) is 15.4. The zero-order valence-electron chi connectivity index (χ0n) is 11.8. The van der Waals surface area contributed by atoms with Crippen molar-refractivity contribution in [3.8, 4) is 0 Å². The van der Waals surface area contributed by atoms with Crippen LogP contribution in [0.2, 0.25) is 0 Å². The van der Waals surface area contributed by atoms with E-state index in [0.717, 1.165) is 0 Å². The van der Waals surface area contributed by atoms with Gasteiger partial charge in [0.1, 0.15) is 5.60 Å². The molecule has 0 aliphatic carbocycles. The van der Waals surface area contributed by atoms with Crippen molar-refractivity contribution >= 4 is 18.2 Å². The molecule has 0 radical (unpaired) electrons. The van der Waals surface area contributed by atoms with Crippen molar-refractivity contribution < 1.29 is 19.4 Å². The molecule has 5 heteroatoms. The summed E-state index contributed by atoms with van der Waals surface area (Å²) in [7, 11) is 0. The van der Waals surface area contributed by atoms with Crippen LogP contribution < -0.4 is 0 Å². The highest BCUT2D eigenvalue weighted by Crippen LogP contribution is 2.30. The summed E-state index contributed by atoms with van der Waals surface area (Å²) in [4.78, 5) is 27.2. The summed E-state index contributed by atoms with van der Waals surface area (Å²) >= 11 is 0. The third kappa shape index (κ3) is 4.50. The van der Waals surface area contributed by atoms with E-state index in [2.05, 4.69) is 4.99 Å². The zero-order chi connectivity index (χ0) is 14.7. The Hall–Kier alpha value is -1.65. The Bertz CT molecular complexity index is 406. The molecule has 1 heterocycles. The molecule has 0 aromatic rings. The summed E-state index contributed by atoms with van der Waals surface area (Å²) in [6.07, 6.45) is 5.27. The molecule has 0 spiro atoms. The standard InChI is InChI=1S/C14H21NO4/c1-10(8-11(16)17)9-14(6-5-7-15-14)12(18)19-13(2,3)4/h5-7,10H,8-9H2,1-4H3,(H,16,17). The van der Waals surface area contributed by atoms with Crippen LogP contribution in [0, 0.1) is 5.92 Å². The fourth-order valence-electron chi connectivity index (χ4n) is 2.01. The smallest absolute Gasteiger partial charge is 0.338 e. The van der Waals surface area contributed by atoms with Gasteiger partial charge in [0.25, 0.3) is 0 Å². The highest BCUT2D eigenvalue weighted by atomic mass is 16.6. The number of esters is 1. The van der Waals surface area contributed by atoms with Crippen molar-refractivity contribution in [1.82, 2.24) is 0 Å². The molecule has 2 unspecified atom stereocenters. The minimum absolute atomic E-state index is 0.00785. The van der Waals surface area contributed by atoms with E-state index in [1.165, 1.54) is 0 Å². The number of hydrogen-bond acceptors (Lipinski definition) is 4. The molecule has 0 bridgehead atoms. The van der Waals surface area contributed by atoms with Crippen molar-refractivity contribution in [2.45, 2.75) is 51.7 Å². The van der Waals surface area contributed by atoms with Gasteiger partial charge in [-0.15, -0.1) is 0 Å². The Morgan fingerprint density at radius 2 is 2.05 bits per heavy atom. The molecule has 19 heavy (non-hydrogen) atoms. The second-order valence-corrected chi connectivity index (χ2v) is 5.97. The number of carbonyl (C=O) groups is 2. The van der Waals surface area contributed by atoms with E-state index < -0.39 is 23.1 Å². The van der Waals surface area contributed by atoms with Crippen LogP contribution in [-0.2, 0) is 14.3 Å². The van der Waals surface area contributed by atoms with E-state index in [0.29, 0.717) is 6.42 Å². The summed E-state index contributed by atoms with van der Waals surface area (Å²) in [5.41, 5.74) is -1.66. The molecule has 0 aromatic carbocycles. The highest BCUT2D eigenvalue weighted by molar-refractivity contribution is 5.91. The molecule has 0 amide bonds. The van der Waals surface area contributed by atoms with Crippen molar-refractivity contribution in [2.24, 2.45) is 10.9 Å². The summed E-state index contributed by atoms with van der Waals surface area (Å²) < 4.78 is 5.38. The largest absolute Gasteiger partial charge is 0.481 e. The highest BCUT2D eigenvalue weighted by Gasteiger charge is 2.41. The second-order valence-electron chi connectivity index (χ2n) is 5.97. The van der Waals surface area contributed by atoms with Gasteiger partial charge in [0.2, 0.25) is 0 Å². The minimum atomic E-state index is -1.07. The Morgan fingerprint density at radius 1 is 1.42 bits per heavy atom. The molecular formula is C14H21NO4. The molecule has 2 atom stereocenters. The summed E-state index contributed by atoms with van der Waals surface area (Å²) in [6.45, 7) is 7.17. The summed E-state index contributed by atoms with van der Waals surface area (Å²) in [5.74, 6) is -1.47. The van der Waals surface area contributed by atoms with Crippen molar-refractivity contribution in [2.75, 3.05) is 0 Å². The molecule has 106 valence electrons. The Morgan fingerprint density at radius 3 is 2.47 bits per heavy atom. The van der Waals surface area contributed by atoms with Crippen LogP contribution >= 0.6 is 0 Å². The van der Waals surface area contributed by atoms with Crippen LogP contribution in [0.25, 0.3) is 0 Å². The number of carboxylic acid groups (broad SMARTS) is 1. The lowest BCUT2D eigenvalue weighted by atomic mass is 9.87.